The maximum Gasteiger partial charge on any atom is 0.269 e. The molecule has 2 aromatic carbocycles. The highest BCUT2D eigenvalue weighted by molar-refractivity contribution is 5.85. The van der Waals surface area contributed by atoms with E-state index in [-0.39, 0.29) is 11.4 Å². The van der Waals surface area contributed by atoms with Crippen LogP contribution in [-0.4, -0.2) is 15.0 Å². The third kappa shape index (κ3) is 2.59. The van der Waals surface area contributed by atoms with Crippen LogP contribution in [0.2, 0.25) is 0 Å². The third-order valence-electron chi connectivity index (χ3n) is 3.05. The Balaban J connectivity index is 1.91. The lowest BCUT2D eigenvalue weighted by atomic mass is 10.2. The van der Waals surface area contributed by atoms with Crippen LogP contribution in [0, 0.1) is 10.1 Å². The van der Waals surface area contributed by atoms with Gasteiger partial charge < -0.3 is 10.4 Å². The molecule has 104 valence electrons. The van der Waals surface area contributed by atoms with Gasteiger partial charge in [-0.1, -0.05) is 12.1 Å². The van der Waals surface area contributed by atoms with E-state index < -0.39 is 4.92 Å². The van der Waals surface area contributed by atoms with E-state index in [2.05, 4.69) is 10.3 Å². The zero-order chi connectivity index (χ0) is 14.8. The van der Waals surface area contributed by atoms with Crippen LogP contribution in [0.3, 0.4) is 0 Å². The molecule has 3 aromatic rings. The van der Waals surface area contributed by atoms with Crippen LogP contribution in [0.25, 0.3) is 10.9 Å². The summed E-state index contributed by atoms with van der Waals surface area (Å²) in [5.74, 6) is 0.665. The van der Waals surface area contributed by atoms with E-state index in [9.17, 15) is 15.2 Å². The molecule has 0 radical (unpaired) electrons. The molecule has 0 aliphatic rings. The highest BCUT2D eigenvalue weighted by atomic mass is 16.6. The van der Waals surface area contributed by atoms with Crippen LogP contribution < -0.4 is 5.32 Å². The molecular formula is C15H11N3O3. The van der Waals surface area contributed by atoms with Gasteiger partial charge in [-0.3, -0.25) is 10.1 Å². The van der Waals surface area contributed by atoms with Gasteiger partial charge in [0.1, 0.15) is 17.1 Å². The number of aromatic nitrogens is 1. The fourth-order valence-electron chi connectivity index (χ4n) is 2.02. The lowest BCUT2D eigenvalue weighted by Gasteiger charge is -2.07. The number of phenolic OH excluding ortho intramolecular Hbond substituents is 1. The fourth-order valence-corrected chi connectivity index (χ4v) is 2.02. The number of nitro benzene ring substituents is 1. The van der Waals surface area contributed by atoms with Gasteiger partial charge in [-0.25, -0.2) is 4.98 Å². The summed E-state index contributed by atoms with van der Waals surface area (Å²) >= 11 is 0. The molecule has 0 saturated carbocycles. The second kappa shape index (κ2) is 5.09. The van der Waals surface area contributed by atoms with Crippen molar-refractivity contribution in [1.29, 1.82) is 0 Å². The number of hydrogen-bond donors (Lipinski definition) is 2. The van der Waals surface area contributed by atoms with Crippen molar-refractivity contribution in [2.45, 2.75) is 0 Å². The Morgan fingerprint density at radius 3 is 2.52 bits per heavy atom. The largest absolute Gasteiger partial charge is 0.506 e. The number of aromatic hydroxyl groups is 1. The van der Waals surface area contributed by atoms with Gasteiger partial charge in [-0.05, 0) is 30.3 Å². The maximum absolute atomic E-state index is 10.6. The Kier molecular flexibility index (Phi) is 3.12. The van der Waals surface area contributed by atoms with E-state index in [4.69, 9.17) is 0 Å². The molecule has 21 heavy (non-hydrogen) atoms. The molecule has 2 N–H and O–H groups in total. The van der Waals surface area contributed by atoms with Gasteiger partial charge >= 0.3 is 0 Å². The molecule has 1 aromatic heterocycles. The Bertz CT molecular complexity index is 816. The molecule has 3 rings (SSSR count). The monoisotopic (exact) mass is 281 g/mol. The standard InChI is InChI=1S/C15H11N3O3/c19-13-3-1-2-10-4-9-14(17-15(10)13)16-11-5-7-12(8-6-11)18(20)21/h1-9,19H,(H,16,17). The number of non-ortho nitro benzene ring substituents is 1. The lowest BCUT2D eigenvalue weighted by Crippen LogP contribution is -1.94. The van der Waals surface area contributed by atoms with Crippen LogP contribution in [0.5, 0.6) is 5.75 Å². The smallest absolute Gasteiger partial charge is 0.269 e. The Morgan fingerprint density at radius 2 is 1.81 bits per heavy atom. The number of nitrogens with zero attached hydrogens (tertiary/aromatic N) is 2. The molecule has 0 atom stereocenters. The van der Waals surface area contributed by atoms with E-state index in [1.165, 1.54) is 12.1 Å². The number of nitrogens with one attached hydrogen (secondary N) is 1. The topological polar surface area (TPSA) is 88.3 Å². The fraction of sp³-hybridized carbons (Fsp3) is 0. The van der Waals surface area contributed by atoms with Gasteiger partial charge in [-0.2, -0.15) is 0 Å². The summed E-state index contributed by atoms with van der Waals surface area (Å²) in [6.45, 7) is 0. The highest BCUT2D eigenvalue weighted by Gasteiger charge is 2.06. The molecular weight excluding hydrogens is 270 g/mol. The first-order chi connectivity index (χ1) is 10.1. The molecule has 0 spiro atoms. The minimum absolute atomic E-state index is 0.0321. The average Bonchev–Trinajstić information content (AvgIpc) is 2.49. The van der Waals surface area contributed by atoms with Crippen LogP contribution in [0.15, 0.2) is 54.6 Å². The predicted octanol–water partition coefficient (Wildman–Crippen LogP) is 3.59. The molecule has 0 unspecified atom stereocenters. The Labute approximate surface area is 119 Å². The van der Waals surface area contributed by atoms with Crippen molar-refractivity contribution in [3.63, 3.8) is 0 Å². The SMILES string of the molecule is O=[N+]([O-])c1ccc(Nc2ccc3cccc(O)c3n2)cc1. The second-order valence-electron chi connectivity index (χ2n) is 4.47. The molecule has 0 bridgehead atoms. The van der Waals surface area contributed by atoms with Crippen LogP contribution in [0.1, 0.15) is 0 Å². The first-order valence-electron chi connectivity index (χ1n) is 6.24. The van der Waals surface area contributed by atoms with Crippen LogP contribution >= 0.6 is 0 Å². The number of hydrogen-bond acceptors (Lipinski definition) is 5. The van der Waals surface area contributed by atoms with E-state index in [1.54, 1.807) is 30.3 Å². The van der Waals surface area contributed by atoms with E-state index >= 15 is 0 Å². The van der Waals surface area contributed by atoms with Crippen LogP contribution in [0.4, 0.5) is 17.2 Å². The Morgan fingerprint density at radius 1 is 1.05 bits per heavy atom. The first-order valence-corrected chi connectivity index (χ1v) is 6.24. The van der Waals surface area contributed by atoms with Crippen molar-refractivity contribution in [3.8, 4) is 5.75 Å². The molecule has 0 saturated heterocycles. The summed E-state index contributed by atoms with van der Waals surface area (Å²) < 4.78 is 0. The zero-order valence-electron chi connectivity index (χ0n) is 10.9. The summed E-state index contributed by atoms with van der Waals surface area (Å²) in [6, 6.07) is 14.9. The number of fused-ring (bicyclic) bond motifs is 1. The number of rotatable bonds is 3. The highest BCUT2D eigenvalue weighted by Crippen LogP contribution is 2.25. The van der Waals surface area contributed by atoms with Gasteiger partial charge in [0.25, 0.3) is 5.69 Å². The molecule has 0 fully saturated rings. The molecule has 0 aliphatic carbocycles. The molecule has 0 aliphatic heterocycles. The minimum atomic E-state index is -0.448. The summed E-state index contributed by atoms with van der Waals surface area (Å²) in [6.07, 6.45) is 0. The molecule has 0 amide bonds. The van der Waals surface area contributed by atoms with Crippen molar-refractivity contribution < 1.29 is 10.0 Å². The summed E-state index contributed by atoms with van der Waals surface area (Å²) in [7, 11) is 0. The quantitative estimate of drug-likeness (QED) is 0.565. The zero-order valence-corrected chi connectivity index (χ0v) is 10.9. The van der Waals surface area contributed by atoms with Gasteiger partial charge in [0, 0.05) is 23.2 Å². The van der Waals surface area contributed by atoms with Crippen LogP contribution in [-0.2, 0) is 0 Å². The van der Waals surface area contributed by atoms with E-state index in [1.807, 2.05) is 12.1 Å². The van der Waals surface area contributed by atoms with Gasteiger partial charge in [-0.15, -0.1) is 0 Å². The summed E-state index contributed by atoms with van der Waals surface area (Å²) in [4.78, 5) is 14.5. The number of nitro groups is 1. The Hall–Kier alpha value is -3.15. The number of phenols is 1. The van der Waals surface area contributed by atoms with Crippen molar-refractivity contribution in [2.24, 2.45) is 0 Å². The molecule has 1 heterocycles. The van der Waals surface area contributed by atoms with Crippen molar-refractivity contribution in [1.82, 2.24) is 4.98 Å². The maximum atomic E-state index is 10.6. The number of pyridine rings is 1. The summed E-state index contributed by atoms with van der Waals surface area (Å²) in [5.41, 5.74) is 1.22. The van der Waals surface area contributed by atoms with Crippen molar-refractivity contribution >= 4 is 28.1 Å². The second-order valence-corrected chi connectivity index (χ2v) is 4.47. The number of anilines is 2. The van der Waals surface area contributed by atoms with Crippen molar-refractivity contribution in [3.05, 3.63) is 64.7 Å². The summed E-state index contributed by atoms with van der Waals surface area (Å²) in [5, 5.41) is 24.3. The van der Waals surface area contributed by atoms with E-state index in [0.29, 0.717) is 17.0 Å². The van der Waals surface area contributed by atoms with Gasteiger partial charge in [0.05, 0.1) is 4.92 Å². The minimum Gasteiger partial charge on any atom is -0.506 e. The van der Waals surface area contributed by atoms with Gasteiger partial charge in [0.2, 0.25) is 0 Å². The van der Waals surface area contributed by atoms with Crippen molar-refractivity contribution in [2.75, 3.05) is 5.32 Å². The number of para-hydroxylation sites is 1. The van der Waals surface area contributed by atoms with E-state index in [0.717, 1.165) is 5.39 Å². The number of benzene rings is 2. The normalized spacial score (nSPS) is 10.5. The first kappa shape index (κ1) is 12.9. The average molecular weight is 281 g/mol. The molecule has 6 nitrogen and oxygen atoms in total. The lowest BCUT2D eigenvalue weighted by molar-refractivity contribution is -0.384. The van der Waals surface area contributed by atoms with Gasteiger partial charge in [0.15, 0.2) is 0 Å². The molecule has 6 heteroatoms. The third-order valence-corrected chi connectivity index (χ3v) is 3.05. The predicted molar refractivity (Wildman–Crippen MR) is 79.8 cm³/mol.